The van der Waals surface area contributed by atoms with Gasteiger partial charge in [0.05, 0.1) is 17.3 Å². The summed E-state index contributed by atoms with van der Waals surface area (Å²) in [6, 6.07) is 25.0. The number of thiazole rings is 1. The van der Waals surface area contributed by atoms with E-state index in [0.717, 1.165) is 32.7 Å². The molecule has 0 radical (unpaired) electrons. The van der Waals surface area contributed by atoms with Gasteiger partial charge < -0.3 is 9.47 Å². The molecule has 0 aliphatic carbocycles. The summed E-state index contributed by atoms with van der Waals surface area (Å²) in [6.07, 6.45) is 3.76. The lowest BCUT2D eigenvalue weighted by Crippen LogP contribution is -2.24. The van der Waals surface area contributed by atoms with E-state index >= 15 is 0 Å². The van der Waals surface area contributed by atoms with Gasteiger partial charge in [-0.15, -0.1) is 5.10 Å². The first kappa shape index (κ1) is 24.1. The molecule has 0 aliphatic heterocycles. The third-order valence-corrected chi connectivity index (χ3v) is 7.31. The van der Waals surface area contributed by atoms with Gasteiger partial charge in [0, 0.05) is 21.8 Å². The quantitative estimate of drug-likeness (QED) is 0.265. The molecular weight excluding hydrogens is 566 g/mol. The highest BCUT2D eigenvalue weighted by atomic mass is 79.9. The van der Waals surface area contributed by atoms with Crippen LogP contribution in [0.3, 0.4) is 0 Å². The number of hydrogen-bond donors (Lipinski definition) is 0. The minimum absolute atomic E-state index is 0.167. The van der Waals surface area contributed by atoms with Crippen LogP contribution in [0.5, 0.6) is 11.5 Å². The second kappa shape index (κ2) is 10.2. The third-order valence-electron chi connectivity index (χ3n) is 5.82. The smallest absolute Gasteiger partial charge is 0.291 e. The molecule has 0 fully saturated rings. The van der Waals surface area contributed by atoms with Gasteiger partial charge in [-0.2, -0.15) is 14.6 Å². The van der Waals surface area contributed by atoms with Crippen molar-refractivity contribution in [3.05, 3.63) is 116 Å². The molecule has 0 atom stereocenters. The van der Waals surface area contributed by atoms with Crippen LogP contribution in [0.15, 0.2) is 94.3 Å². The first-order valence-corrected chi connectivity index (χ1v) is 13.3. The third kappa shape index (κ3) is 4.83. The summed E-state index contributed by atoms with van der Waals surface area (Å²) in [5, 5.41) is 9.21. The van der Waals surface area contributed by atoms with Crippen LogP contribution in [-0.2, 0) is 6.61 Å². The van der Waals surface area contributed by atoms with Gasteiger partial charge >= 0.3 is 0 Å². The molecule has 0 spiro atoms. The van der Waals surface area contributed by atoms with Crippen molar-refractivity contribution in [2.75, 3.05) is 7.11 Å². The van der Waals surface area contributed by atoms with Crippen LogP contribution in [-0.4, -0.2) is 31.5 Å². The van der Waals surface area contributed by atoms with E-state index in [1.807, 2.05) is 95.8 Å². The minimum Gasteiger partial charge on any atom is -0.497 e. The maximum absolute atomic E-state index is 13.2. The van der Waals surface area contributed by atoms with Crippen molar-refractivity contribution in [1.82, 2.24) is 24.4 Å². The number of ether oxygens (including phenoxy) is 2. The number of rotatable bonds is 7. The first-order chi connectivity index (χ1) is 18.6. The van der Waals surface area contributed by atoms with E-state index in [2.05, 4.69) is 26.0 Å². The Bertz CT molecular complexity index is 1830. The lowest BCUT2D eigenvalue weighted by Gasteiger charge is -2.02. The topological polar surface area (TPSA) is 83.5 Å². The Hall–Kier alpha value is -4.28. The highest BCUT2D eigenvalue weighted by Crippen LogP contribution is 2.26. The number of fused-ring (bicyclic) bond motifs is 1. The predicted molar refractivity (Wildman–Crippen MR) is 150 cm³/mol. The Kier molecular flexibility index (Phi) is 6.48. The zero-order valence-electron chi connectivity index (χ0n) is 20.1. The molecule has 0 amide bonds. The monoisotopic (exact) mass is 585 g/mol. The van der Waals surface area contributed by atoms with Crippen molar-refractivity contribution in [2.24, 2.45) is 0 Å². The normalized spacial score (nSPS) is 11.8. The van der Waals surface area contributed by atoms with Gasteiger partial charge in [-0.1, -0.05) is 45.5 Å². The number of para-hydroxylation sites is 1. The summed E-state index contributed by atoms with van der Waals surface area (Å²) in [6.45, 7) is 0.167. The zero-order valence-corrected chi connectivity index (χ0v) is 22.5. The lowest BCUT2D eigenvalue weighted by atomic mass is 10.1. The second-order valence-corrected chi connectivity index (χ2v) is 10.2. The van der Waals surface area contributed by atoms with Crippen LogP contribution in [0.2, 0.25) is 0 Å². The van der Waals surface area contributed by atoms with Crippen molar-refractivity contribution in [1.29, 1.82) is 0 Å². The van der Waals surface area contributed by atoms with Gasteiger partial charge in [0.25, 0.3) is 5.56 Å². The van der Waals surface area contributed by atoms with Crippen LogP contribution in [0.1, 0.15) is 11.4 Å². The average molecular weight is 586 g/mol. The fraction of sp³-hybridized carbons (Fsp3) is 0.0714. The van der Waals surface area contributed by atoms with Crippen molar-refractivity contribution in [3.8, 4) is 28.4 Å². The number of methoxy groups -OCH3 is 1. The highest BCUT2D eigenvalue weighted by molar-refractivity contribution is 9.10. The number of nitrogens with zero attached hydrogens (tertiary/aromatic N) is 5. The largest absolute Gasteiger partial charge is 0.497 e. The van der Waals surface area contributed by atoms with Crippen molar-refractivity contribution >= 4 is 38.3 Å². The maximum Gasteiger partial charge on any atom is 0.291 e. The summed E-state index contributed by atoms with van der Waals surface area (Å²) in [5.41, 5.74) is 3.15. The molecule has 188 valence electrons. The highest BCUT2D eigenvalue weighted by Gasteiger charge is 2.15. The van der Waals surface area contributed by atoms with Gasteiger partial charge in [0.15, 0.2) is 5.82 Å². The molecule has 8 nitrogen and oxygen atoms in total. The number of benzene rings is 3. The zero-order chi connectivity index (χ0) is 26.1. The Balaban J connectivity index is 1.36. The molecule has 0 saturated heterocycles. The summed E-state index contributed by atoms with van der Waals surface area (Å²) in [7, 11) is 1.63. The fourth-order valence-electron chi connectivity index (χ4n) is 3.93. The molecule has 0 aliphatic rings. The van der Waals surface area contributed by atoms with Crippen molar-refractivity contribution < 1.29 is 9.47 Å². The molecule has 3 heterocycles. The SMILES string of the molecule is COc1ccc(-c2nn(-c3ccccc3)cc2/C=c2/sc3nc(COc4ccc(Br)cc4)nn3c2=O)cc1. The Morgan fingerprint density at radius 2 is 1.68 bits per heavy atom. The molecule has 6 aromatic rings. The van der Waals surface area contributed by atoms with Gasteiger partial charge in [-0.05, 0) is 66.7 Å². The van der Waals surface area contributed by atoms with E-state index in [4.69, 9.17) is 14.6 Å². The number of aromatic nitrogens is 5. The molecule has 3 aromatic carbocycles. The maximum atomic E-state index is 13.2. The van der Waals surface area contributed by atoms with E-state index < -0.39 is 0 Å². The summed E-state index contributed by atoms with van der Waals surface area (Å²) < 4.78 is 15.7. The van der Waals surface area contributed by atoms with Crippen LogP contribution < -0.4 is 19.6 Å². The van der Waals surface area contributed by atoms with Gasteiger partial charge in [-0.3, -0.25) is 4.79 Å². The van der Waals surface area contributed by atoms with Gasteiger partial charge in [0.1, 0.15) is 23.8 Å². The van der Waals surface area contributed by atoms with E-state index in [0.29, 0.717) is 21.1 Å². The van der Waals surface area contributed by atoms with Crippen LogP contribution >= 0.6 is 27.3 Å². The average Bonchev–Trinajstić information content (AvgIpc) is 3.64. The van der Waals surface area contributed by atoms with E-state index in [-0.39, 0.29) is 12.2 Å². The number of halogens is 1. The Morgan fingerprint density at radius 1 is 0.947 bits per heavy atom. The molecule has 0 saturated carbocycles. The number of hydrogen-bond acceptors (Lipinski definition) is 7. The Morgan fingerprint density at radius 3 is 2.39 bits per heavy atom. The van der Waals surface area contributed by atoms with Crippen molar-refractivity contribution in [2.45, 2.75) is 6.61 Å². The Labute approximate surface area is 229 Å². The predicted octanol–water partition coefficient (Wildman–Crippen LogP) is 4.90. The fourth-order valence-corrected chi connectivity index (χ4v) is 5.12. The van der Waals surface area contributed by atoms with Crippen molar-refractivity contribution in [3.63, 3.8) is 0 Å². The molecule has 3 aromatic heterocycles. The lowest BCUT2D eigenvalue weighted by molar-refractivity contribution is 0.296. The molecule has 0 bridgehead atoms. The molecule has 10 heteroatoms. The standard InChI is InChI=1S/C28H20BrN5O3S/c1-36-22-11-7-18(8-12-22)26-19(16-33(32-26)21-5-3-2-4-6-21)15-24-27(35)34-28(38-24)30-25(31-34)17-37-23-13-9-20(29)10-14-23/h2-16H,17H2,1H3/b24-15+. The molecule has 6 rings (SSSR count). The van der Waals surface area contributed by atoms with E-state index in [9.17, 15) is 4.79 Å². The van der Waals surface area contributed by atoms with Crippen LogP contribution in [0.4, 0.5) is 0 Å². The van der Waals surface area contributed by atoms with Gasteiger partial charge in [0.2, 0.25) is 4.96 Å². The molecule has 0 unspecified atom stereocenters. The minimum atomic E-state index is -0.236. The van der Waals surface area contributed by atoms with Crippen LogP contribution in [0, 0.1) is 0 Å². The summed E-state index contributed by atoms with van der Waals surface area (Å²) >= 11 is 4.68. The van der Waals surface area contributed by atoms with E-state index in [1.54, 1.807) is 7.11 Å². The molecule has 0 N–H and O–H groups in total. The van der Waals surface area contributed by atoms with Gasteiger partial charge in [-0.25, -0.2) is 4.68 Å². The van der Waals surface area contributed by atoms with Crippen LogP contribution in [0.25, 0.3) is 28.0 Å². The summed E-state index contributed by atoms with van der Waals surface area (Å²) in [4.78, 5) is 18.2. The molecular formula is C28H20BrN5O3S. The first-order valence-electron chi connectivity index (χ1n) is 11.7. The molecule has 38 heavy (non-hydrogen) atoms. The summed E-state index contributed by atoms with van der Waals surface area (Å²) in [5.74, 6) is 1.90. The van der Waals surface area contributed by atoms with E-state index in [1.165, 1.54) is 15.9 Å². The second-order valence-electron chi connectivity index (χ2n) is 8.32.